The highest BCUT2D eigenvalue weighted by Gasteiger charge is 2.19. The number of nitrogens with zero attached hydrogens (tertiary/aromatic N) is 2. The predicted octanol–water partition coefficient (Wildman–Crippen LogP) is 6.56. The molecule has 0 aliphatic heterocycles. The molecule has 4 rings (SSSR count). The first-order valence-electron chi connectivity index (χ1n) is 11.7. The molecule has 0 fully saturated rings. The largest absolute Gasteiger partial charge is 0.458 e. The van der Waals surface area contributed by atoms with E-state index in [0.717, 1.165) is 50.3 Å². The number of pyridine rings is 1. The second-order valence-electron chi connectivity index (χ2n) is 9.30. The lowest BCUT2D eigenvalue weighted by atomic mass is 9.90. The summed E-state index contributed by atoms with van der Waals surface area (Å²) >= 11 is 1.43. The fourth-order valence-corrected chi connectivity index (χ4v) is 4.87. The Morgan fingerprint density at radius 2 is 1.74 bits per heavy atom. The van der Waals surface area contributed by atoms with Crippen molar-refractivity contribution in [1.82, 2.24) is 9.97 Å². The van der Waals surface area contributed by atoms with Crippen LogP contribution in [0, 0.1) is 12.8 Å². The number of ether oxygens (including phenoxy) is 1. The molecule has 6 heteroatoms. The average molecular weight is 474 g/mol. The van der Waals surface area contributed by atoms with Gasteiger partial charge in [0.15, 0.2) is 5.69 Å². The van der Waals surface area contributed by atoms with Crippen LogP contribution in [0.2, 0.25) is 0 Å². The molecule has 176 valence electrons. The Balaban J connectivity index is 1.89. The van der Waals surface area contributed by atoms with Crippen molar-refractivity contribution in [3.05, 3.63) is 70.4 Å². The van der Waals surface area contributed by atoms with Gasteiger partial charge in [0.2, 0.25) is 0 Å². The number of hydrogen-bond donors (Lipinski definition) is 1. The minimum atomic E-state index is -0.399. The van der Waals surface area contributed by atoms with E-state index in [4.69, 9.17) is 15.5 Å². The Labute approximate surface area is 205 Å². The van der Waals surface area contributed by atoms with Gasteiger partial charge >= 0.3 is 5.97 Å². The molecule has 4 aromatic rings. The predicted molar refractivity (Wildman–Crippen MR) is 140 cm³/mol. The van der Waals surface area contributed by atoms with Crippen molar-refractivity contribution < 1.29 is 9.53 Å². The number of thiazole rings is 1. The van der Waals surface area contributed by atoms with Crippen molar-refractivity contribution in [2.24, 2.45) is 11.7 Å². The lowest BCUT2D eigenvalue weighted by molar-refractivity contribution is 0.0372. The number of hydrogen-bond acceptors (Lipinski definition) is 6. The van der Waals surface area contributed by atoms with Crippen LogP contribution in [0.4, 0.5) is 0 Å². The van der Waals surface area contributed by atoms with E-state index in [2.05, 4.69) is 56.1 Å². The van der Waals surface area contributed by atoms with E-state index in [1.807, 2.05) is 26.0 Å². The van der Waals surface area contributed by atoms with Crippen LogP contribution in [-0.2, 0) is 17.7 Å². The molecule has 0 saturated heterocycles. The van der Waals surface area contributed by atoms with E-state index >= 15 is 0 Å². The summed E-state index contributed by atoms with van der Waals surface area (Å²) in [6.45, 7) is 10.6. The number of esters is 1. The standard InChI is InChI=1S/C28H31N3O2S/c1-16(2)12-24-22(14-29)26(19-8-6-18(5)7-9-19)21-13-20(10-11-23(21)30-24)27-31-25(15-34-27)28(32)33-17(3)4/h6-11,13,15-17H,12,14,29H2,1-5H3. The molecule has 2 heterocycles. The normalized spacial score (nSPS) is 11.5. The third-order valence-corrected chi connectivity index (χ3v) is 6.51. The number of nitrogens with two attached hydrogens (primary N) is 1. The van der Waals surface area contributed by atoms with Gasteiger partial charge in [-0.1, -0.05) is 43.7 Å². The molecule has 0 radical (unpaired) electrons. The van der Waals surface area contributed by atoms with Crippen molar-refractivity contribution in [2.75, 3.05) is 0 Å². The van der Waals surface area contributed by atoms with Gasteiger partial charge < -0.3 is 10.5 Å². The second-order valence-corrected chi connectivity index (χ2v) is 10.2. The molecule has 5 nitrogen and oxygen atoms in total. The van der Waals surface area contributed by atoms with Gasteiger partial charge in [0.1, 0.15) is 5.01 Å². The van der Waals surface area contributed by atoms with Gasteiger partial charge in [-0.05, 0) is 68.0 Å². The molecule has 2 aromatic carbocycles. The summed E-state index contributed by atoms with van der Waals surface area (Å²) < 4.78 is 5.30. The fourth-order valence-electron chi connectivity index (χ4n) is 4.09. The SMILES string of the molecule is Cc1ccc(-c2c(CN)c(CC(C)C)nc3ccc(-c4nc(C(=O)OC(C)C)cs4)cc23)cc1. The van der Waals surface area contributed by atoms with Crippen LogP contribution in [-0.4, -0.2) is 22.0 Å². The monoisotopic (exact) mass is 473 g/mol. The van der Waals surface area contributed by atoms with E-state index in [1.54, 1.807) is 5.38 Å². The van der Waals surface area contributed by atoms with Crippen molar-refractivity contribution in [3.63, 3.8) is 0 Å². The molecular weight excluding hydrogens is 442 g/mol. The van der Waals surface area contributed by atoms with Crippen molar-refractivity contribution in [2.45, 2.75) is 53.7 Å². The zero-order valence-electron chi connectivity index (χ0n) is 20.4. The Kier molecular flexibility index (Phi) is 7.10. The third kappa shape index (κ3) is 5.03. The fraction of sp³-hybridized carbons (Fsp3) is 0.321. The van der Waals surface area contributed by atoms with Gasteiger partial charge in [0.25, 0.3) is 0 Å². The summed E-state index contributed by atoms with van der Waals surface area (Å²) in [6, 6.07) is 14.7. The number of carbonyl (C=O) groups is 1. The van der Waals surface area contributed by atoms with Crippen LogP contribution in [0.25, 0.3) is 32.6 Å². The molecule has 0 bridgehead atoms. The molecule has 0 aliphatic carbocycles. The van der Waals surface area contributed by atoms with Gasteiger partial charge in [-0.3, -0.25) is 4.98 Å². The molecule has 0 aliphatic rings. The summed E-state index contributed by atoms with van der Waals surface area (Å²) in [4.78, 5) is 21.9. The lowest BCUT2D eigenvalue weighted by Crippen LogP contribution is -2.11. The highest BCUT2D eigenvalue weighted by atomic mass is 32.1. The van der Waals surface area contributed by atoms with E-state index in [9.17, 15) is 4.79 Å². The summed E-state index contributed by atoms with van der Waals surface area (Å²) in [6.07, 6.45) is 0.688. The number of benzene rings is 2. The number of aryl methyl sites for hydroxylation is 1. The van der Waals surface area contributed by atoms with Crippen LogP contribution in [0.1, 0.15) is 55.0 Å². The first-order chi connectivity index (χ1) is 16.3. The van der Waals surface area contributed by atoms with Gasteiger partial charge in [0.05, 0.1) is 11.6 Å². The first-order valence-corrected chi connectivity index (χ1v) is 12.5. The average Bonchev–Trinajstić information content (AvgIpc) is 3.28. The number of fused-ring (bicyclic) bond motifs is 1. The molecule has 0 unspecified atom stereocenters. The highest BCUT2D eigenvalue weighted by molar-refractivity contribution is 7.13. The molecule has 2 aromatic heterocycles. The van der Waals surface area contributed by atoms with Crippen molar-refractivity contribution >= 4 is 28.2 Å². The van der Waals surface area contributed by atoms with Gasteiger partial charge in [-0.25, -0.2) is 9.78 Å². The molecule has 0 spiro atoms. The maximum absolute atomic E-state index is 12.3. The second kappa shape index (κ2) is 10.0. The molecule has 0 saturated carbocycles. The summed E-state index contributed by atoms with van der Waals surface area (Å²) in [5.41, 5.74) is 14.1. The Hall–Kier alpha value is -3.09. The van der Waals surface area contributed by atoms with Crippen molar-refractivity contribution in [3.8, 4) is 21.7 Å². The highest BCUT2D eigenvalue weighted by Crippen LogP contribution is 2.37. The number of rotatable bonds is 7. The Morgan fingerprint density at radius 1 is 1.03 bits per heavy atom. The number of carbonyl (C=O) groups excluding carboxylic acids is 1. The Bertz CT molecular complexity index is 1320. The maximum Gasteiger partial charge on any atom is 0.358 e. The molecule has 0 atom stereocenters. The summed E-state index contributed by atoms with van der Waals surface area (Å²) in [7, 11) is 0. The van der Waals surface area contributed by atoms with E-state index in [-0.39, 0.29) is 6.10 Å². The quantitative estimate of drug-likeness (QED) is 0.308. The number of aromatic nitrogens is 2. The van der Waals surface area contributed by atoms with Crippen LogP contribution in [0.5, 0.6) is 0 Å². The molecule has 0 amide bonds. The minimum absolute atomic E-state index is 0.184. The van der Waals surface area contributed by atoms with E-state index in [0.29, 0.717) is 18.2 Å². The van der Waals surface area contributed by atoms with Crippen LogP contribution >= 0.6 is 11.3 Å². The van der Waals surface area contributed by atoms with Crippen LogP contribution < -0.4 is 5.73 Å². The van der Waals surface area contributed by atoms with Crippen LogP contribution in [0.3, 0.4) is 0 Å². The van der Waals surface area contributed by atoms with Gasteiger partial charge in [0, 0.05) is 28.6 Å². The smallest absolute Gasteiger partial charge is 0.358 e. The van der Waals surface area contributed by atoms with E-state index < -0.39 is 5.97 Å². The molecule has 2 N–H and O–H groups in total. The minimum Gasteiger partial charge on any atom is -0.458 e. The summed E-state index contributed by atoms with van der Waals surface area (Å²) in [5, 5.41) is 3.56. The zero-order valence-corrected chi connectivity index (χ0v) is 21.2. The third-order valence-electron chi connectivity index (χ3n) is 5.62. The maximum atomic E-state index is 12.3. The molecular formula is C28H31N3O2S. The Morgan fingerprint density at radius 3 is 2.38 bits per heavy atom. The lowest BCUT2D eigenvalue weighted by Gasteiger charge is -2.18. The first kappa shape index (κ1) is 24.0. The molecule has 34 heavy (non-hydrogen) atoms. The van der Waals surface area contributed by atoms with Crippen molar-refractivity contribution in [1.29, 1.82) is 0 Å². The zero-order chi connectivity index (χ0) is 24.4. The van der Waals surface area contributed by atoms with Gasteiger partial charge in [-0.15, -0.1) is 11.3 Å². The van der Waals surface area contributed by atoms with Crippen LogP contribution in [0.15, 0.2) is 47.8 Å². The topological polar surface area (TPSA) is 78.1 Å². The summed E-state index contributed by atoms with van der Waals surface area (Å²) in [5.74, 6) is 0.0729. The van der Waals surface area contributed by atoms with Gasteiger partial charge in [-0.2, -0.15) is 0 Å². The van der Waals surface area contributed by atoms with E-state index in [1.165, 1.54) is 16.9 Å².